The first-order valence-corrected chi connectivity index (χ1v) is 13.8. The smallest absolute Gasteiger partial charge is 0.323 e. The second kappa shape index (κ2) is 11.0. The SMILES string of the molecule is COc1ccc2c(c1F)C(=O)N(C[C@@]1(C#Cc3ccc(C4=NC(N5CCC(=O)CC5)CC=C4O)cc3)NC(=O)NC1=O)C2. The summed E-state index contributed by atoms with van der Waals surface area (Å²) in [6, 6.07) is 9.14. The third-order valence-corrected chi connectivity index (χ3v) is 8.04. The molecule has 1 unspecified atom stereocenters. The van der Waals surface area contributed by atoms with Crippen LogP contribution in [0.15, 0.2) is 53.2 Å². The molecule has 0 spiro atoms. The van der Waals surface area contributed by atoms with Gasteiger partial charge in [-0.1, -0.05) is 30.0 Å². The van der Waals surface area contributed by atoms with Crippen LogP contribution in [0.2, 0.25) is 0 Å². The minimum atomic E-state index is -1.76. The third-order valence-electron chi connectivity index (χ3n) is 8.04. The van der Waals surface area contributed by atoms with Crippen LogP contribution in [0.3, 0.4) is 0 Å². The molecule has 6 rings (SSSR count). The third kappa shape index (κ3) is 5.23. The second-order valence-corrected chi connectivity index (χ2v) is 10.8. The lowest BCUT2D eigenvalue weighted by atomic mass is 9.98. The maximum Gasteiger partial charge on any atom is 0.323 e. The summed E-state index contributed by atoms with van der Waals surface area (Å²) in [7, 11) is 1.30. The van der Waals surface area contributed by atoms with E-state index in [2.05, 4.69) is 27.4 Å². The van der Waals surface area contributed by atoms with Crippen molar-refractivity contribution in [2.75, 3.05) is 26.7 Å². The van der Waals surface area contributed by atoms with Crippen LogP contribution in [-0.4, -0.2) is 82.7 Å². The fourth-order valence-corrected chi connectivity index (χ4v) is 5.69. The molecule has 3 N–H and O–H groups in total. The highest BCUT2D eigenvalue weighted by Crippen LogP contribution is 2.32. The van der Waals surface area contributed by atoms with Gasteiger partial charge < -0.3 is 20.1 Å². The van der Waals surface area contributed by atoms with E-state index in [-0.39, 0.29) is 42.1 Å². The summed E-state index contributed by atoms with van der Waals surface area (Å²) in [4.78, 5) is 58.0. The number of allylic oxidation sites excluding steroid dienone is 1. The molecule has 4 amide bonds. The number of carbonyl (C=O) groups excluding carboxylic acids is 4. The van der Waals surface area contributed by atoms with Crippen LogP contribution in [0.4, 0.5) is 9.18 Å². The van der Waals surface area contributed by atoms with Crippen LogP contribution in [0.5, 0.6) is 5.75 Å². The van der Waals surface area contributed by atoms with Gasteiger partial charge in [-0.25, -0.2) is 9.18 Å². The summed E-state index contributed by atoms with van der Waals surface area (Å²) >= 11 is 0. The Morgan fingerprint density at radius 2 is 1.86 bits per heavy atom. The van der Waals surface area contributed by atoms with E-state index in [0.717, 1.165) is 0 Å². The Hall–Kier alpha value is -5.02. The van der Waals surface area contributed by atoms with Gasteiger partial charge in [0.25, 0.3) is 11.8 Å². The number of imide groups is 1. The number of ether oxygens (including phenoxy) is 1. The maximum absolute atomic E-state index is 14.8. The summed E-state index contributed by atoms with van der Waals surface area (Å²) in [5.74, 6) is 3.84. The summed E-state index contributed by atoms with van der Waals surface area (Å²) in [6.07, 6.45) is 3.09. The van der Waals surface area contributed by atoms with Crippen molar-refractivity contribution >= 4 is 29.3 Å². The first-order valence-electron chi connectivity index (χ1n) is 13.8. The van der Waals surface area contributed by atoms with Crippen molar-refractivity contribution in [3.05, 3.63) is 76.3 Å². The summed E-state index contributed by atoms with van der Waals surface area (Å²) in [5, 5.41) is 15.2. The number of benzene rings is 2. The Bertz CT molecular complexity index is 1660. The first kappa shape index (κ1) is 28.1. The standard InChI is InChI=1S/C31H28FN5O6/c1-43-23-8-6-20-16-37(28(40)25(20)26(23)32)17-31(29(41)34-30(42)35-31)13-10-18-2-4-19(5-3-18)27-22(39)7-9-24(33-27)36-14-11-21(38)12-15-36/h2-8,24,39H,9,11-12,14-17H2,1H3,(H2,34,35,41,42)/t24?,31-/m1/s1. The molecule has 0 bridgehead atoms. The Morgan fingerprint density at radius 3 is 2.53 bits per heavy atom. The monoisotopic (exact) mass is 585 g/mol. The van der Waals surface area contributed by atoms with E-state index in [1.807, 2.05) is 0 Å². The molecule has 0 aliphatic carbocycles. The van der Waals surface area contributed by atoms with E-state index in [1.54, 1.807) is 36.4 Å². The van der Waals surface area contributed by atoms with Gasteiger partial charge in [0, 0.05) is 50.0 Å². The number of carbonyl (C=O) groups is 4. The van der Waals surface area contributed by atoms with Gasteiger partial charge in [0.05, 0.1) is 19.2 Å². The van der Waals surface area contributed by atoms with Crippen molar-refractivity contribution in [1.82, 2.24) is 20.4 Å². The molecule has 2 aromatic carbocycles. The maximum atomic E-state index is 14.8. The number of aliphatic hydroxyl groups is 1. The fraction of sp³-hybridized carbons (Fsp3) is 0.323. The number of Topliss-reactive ketones (excluding diaryl/α,β-unsaturated/α-hetero) is 1. The number of hydrogen-bond acceptors (Lipinski definition) is 8. The van der Waals surface area contributed by atoms with Gasteiger partial charge in [-0.3, -0.25) is 29.6 Å². The average molecular weight is 586 g/mol. The number of urea groups is 1. The zero-order chi connectivity index (χ0) is 30.3. The number of aliphatic imine (C=N–C) groups is 1. The van der Waals surface area contributed by atoms with E-state index in [4.69, 9.17) is 9.73 Å². The number of amides is 4. The lowest BCUT2D eigenvalue weighted by Crippen LogP contribution is -2.54. The van der Waals surface area contributed by atoms with Gasteiger partial charge in [0.1, 0.15) is 23.4 Å². The fourth-order valence-electron chi connectivity index (χ4n) is 5.69. The summed E-state index contributed by atoms with van der Waals surface area (Å²) in [5.41, 5.74) is 0.146. The number of nitrogens with one attached hydrogen (secondary N) is 2. The Balaban J connectivity index is 1.22. The van der Waals surface area contributed by atoms with Gasteiger partial charge >= 0.3 is 6.03 Å². The van der Waals surface area contributed by atoms with Crippen molar-refractivity contribution in [2.45, 2.75) is 37.5 Å². The lowest BCUT2D eigenvalue weighted by Gasteiger charge is -2.33. The van der Waals surface area contributed by atoms with Crippen LogP contribution in [0.25, 0.3) is 0 Å². The molecule has 4 aliphatic heterocycles. The molecule has 220 valence electrons. The molecule has 2 atom stereocenters. The Labute approximate surface area is 246 Å². The lowest BCUT2D eigenvalue weighted by molar-refractivity contribution is -0.123. The van der Waals surface area contributed by atoms with E-state index in [0.29, 0.717) is 54.8 Å². The van der Waals surface area contributed by atoms with Crippen LogP contribution in [-0.2, 0) is 16.1 Å². The predicted molar refractivity (Wildman–Crippen MR) is 152 cm³/mol. The first-order chi connectivity index (χ1) is 20.7. The molecule has 0 aromatic heterocycles. The van der Waals surface area contributed by atoms with E-state index in [1.165, 1.54) is 18.1 Å². The topological polar surface area (TPSA) is 141 Å². The largest absolute Gasteiger partial charge is 0.506 e. The molecular weight excluding hydrogens is 557 g/mol. The van der Waals surface area contributed by atoms with Crippen LogP contribution in [0, 0.1) is 17.7 Å². The summed E-state index contributed by atoms with van der Waals surface area (Å²) in [6.45, 7) is 0.995. The normalized spacial score (nSPS) is 23.6. The van der Waals surface area contributed by atoms with E-state index in [9.17, 15) is 28.7 Å². The number of methoxy groups -OCH3 is 1. The molecule has 2 fully saturated rings. The summed E-state index contributed by atoms with van der Waals surface area (Å²) < 4.78 is 19.8. The van der Waals surface area contributed by atoms with Crippen molar-refractivity contribution in [2.24, 2.45) is 4.99 Å². The molecule has 11 nitrogen and oxygen atoms in total. The number of nitrogens with zero attached hydrogens (tertiary/aromatic N) is 3. The van der Waals surface area contributed by atoms with Gasteiger partial charge in [-0.2, -0.15) is 0 Å². The van der Waals surface area contributed by atoms with Crippen molar-refractivity contribution < 1.29 is 33.4 Å². The number of rotatable bonds is 5. The van der Waals surface area contributed by atoms with Gasteiger partial charge in [-0.05, 0) is 29.8 Å². The number of fused-ring (bicyclic) bond motifs is 1. The van der Waals surface area contributed by atoms with Crippen LogP contribution < -0.4 is 15.4 Å². The number of hydrogen-bond donors (Lipinski definition) is 3. The molecule has 0 radical (unpaired) electrons. The second-order valence-electron chi connectivity index (χ2n) is 10.8. The Kier molecular flexibility index (Phi) is 7.19. The van der Waals surface area contributed by atoms with Gasteiger partial charge in [-0.15, -0.1) is 0 Å². The molecular formula is C31H28FN5O6. The van der Waals surface area contributed by atoms with Gasteiger partial charge in [0.2, 0.25) is 5.54 Å². The molecule has 4 aliphatic rings. The molecule has 12 heteroatoms. The molecule has 2 saturated heterocycles. The zero-order valence-corrected chi connectivity index (χ0v) is 23.3. The zero-order valence-electron chi connectivity index (χ0n) is 23.3. The highest BCUT2D eigenvalue weighted by molar-refractivity contribution is 6.12. The molecule has 43 heavy (non-hydrogen) atoms. The van der Waals surface area contributed by atoms with Crippen molar-refractivity contribution in [3.63, 3.8) is 0 Å². The molecule has 2 aromatic rings. The van der Waals surface area contributed by atoms with Gasteiger partial charge in [0.15, 0.2) is 11.6 Å². The number of ketones is 1. The quantitative estimate of drug-likeness (QED) is 0.360. The Morgan fingerprint density at radius 1 is 1.12 bits per heavy atom. The predicted octanol–water partition coefficient (Wildman–Crippen LogP) is 2.05. The highest BCUT2D eigenvalue weighted by atomic mass is 19.1. The number of dihydropyridines is 1. The number of piperidine rings is 1. The minimum absolute atomic E-state index is 0.0320. The molecule has 4 heterocycles. The highest BCUT2D eigenvalue weighted by Gasteiger charge is 2.48. The molecule has 0 saturated carbocycles. The van der Waals surface area contributed by atoms with Crippen LogP contribution >= 0.6 is 0 Å². The van der Waals surface area contributed by atoms with E-state index >= 15 is 0 Å². The number of halogens is 1. The number of aliphatic hydroxyl groups excluding tert-OH is 1. The van der Waals surface area contributed by atoms with Crippen molar-refractivity contribution in [3.8, 4) is 17.6 Å². The van der Waals surface area contributed by atoms with Crippen LogP contribution in [0.1, 0.15) is 46.3 Å². The van der Waals surface area contributed by atoms with E-state index < -0.39 is 29.2 Å². The average Bonchev–Trinajstić information content (AvgIpc) is 3.47. The minimum Gasteiger partial charge on any atom is -0.506 e. The van der Waals surface area contributed by atoms with Crippen molar-refractivity contribution in [1.29, 1.82) is 0 Å². The number of likely N-dealkylation sites (tertiary alicyclic amines) is 1.